The molecule has 0 bridgehead atoms. The Bertz CT molecular complexity index is 771. The normalized spacial score (nSPS) is 12.5. The van der Waals surface area contributed by atoms with Crippen LogP contribution in [0, 0.1) is 0 Å². The van der Waals surface area contributed by atoms with Crippen LogP contribution in [-0.2, 0) is 19.1 Å². The van der Waals surface area contributed by atoms with Gasteiger partial charge in [-0.1, -0.05) is 185 Å². The van der Waals surface area contributed by atoms with Crippen molar-refractivity contribution >= 4 is 11.9 Å². The van der Waals surface area contributed by atoms with Crippen molar-refractivity contribution in [3.05, 3.63) is 36.5 Å². The summed E-state index contributed by atoms with van der Waals surface area (Å²) in [7, 11) is 0. The van der Waals surface area contributed by atoms with Gasteiger partial charge in [-0.2, -0.15) is 0 Å². The minimum absolute atomic E-state index is 0.0700. The molecule has 5 nitrogen and oxygen atoms in total. The molecule has 0 fully saturated rings. The SMILES string of the molecule is CC/C=C\C/C=C\C/C=C\CCCCCCCC(=O)O[C@@H](CO)COC(=O)CCCCCCCCCCCCCCCCCCCCC. The van der Waals surface area contributed by atoms with E-state index >= 15 is 0 Å². The second-order valence-corrected chi connectivity index (χ2v) is 13.7. The number of rotatable bonds is 37. The summed E-state index contributed by atoms with van der Waals surface area (Å²) in [5, 5.41) is 9.56. The van der Waals surface area contributed by atoms with Gasteiger partial charge in [-0.05, 0) is 44.9 Å². The quantitative estimate of drug-likeness (QED) is 0.0403. The van der Waals surface area contributed by atoms with E-state index in [-0.39, 0.29) is 25.2 Å². The van der Waals surface area contributed by atoms with E-state index in [1.807, 2.05) is 0 Å². The molecule has 0 unspecified atom stereocenters. The maximum Gasteiger partial charge on any atom is 0.306 e. The summed E-state index contributed by atoms with van der Waals surface area (Å²) in [4.78, 5) is 24.3. The Kier molecular flexibility index (Phi) is 38.0. The Balaban J connectivity index is 3.53. The van der Waals surface area contributed by atoms with E-state index in [0.29, 0.717) is 12.8 Å². The number of carbonyl (C=O) groups is 2. The van der Waals surface area contributed by atoms with Gasteiger partial charge < -0.3 is 14.6 Å². The summed E-state index contributed by atoms with van der Waals surface area (Å²) >= 11 is 0. The van der Waals surface area contributed by atoms with Gasteiger partial charge in [0.15, 0.2) is 6.10 Å². The van der Waals surface area contributed by atoms with Crippen LogP contribution in [0.3, 0.4) is 0 Å². The maximum absolute atomic E-state index is 12.2. The van der Waals surface area contributed by atoms with Crippen LogP contribution in [-0.4, -0.2) is 36.4 Å². The van der Waals surface area contributed by atoms with E-state index in [2.05, 4.69) is 50.3 Å². The molecule has 0 aromatic carbocycles. The van der Waals surface area contributed by atoms with Crippen LogP contribution in [0.4, 0.5) is 0 Å². The van der Waals surface area contributed by atoms with Gasteiger partial charge in [0.05, 0.1) is 6.61 Å². The number of esters is 2. The summed E-state index contributed by atoms with van der Waals surface area (Å²) in [6.45, 7) is 4.02. The van der Waals surface area contributed by atoms with E-state index in [1.54, 1.807) is 0 Å². The number of allylic oxidation sites excluding steroid dienone is 6. The van der Waals surface area contributed by atoms with Crippen LogP contribution in [0.2, 0.25) is 0 Å². The predicted octanol–water partition coefficient (Wildman–Crippen LogP) is 12.8. The summed E-state index contributed by atoms with van der Waals surface area (Å²) in [5.74, 6) is -0.604. The summed E-state index contributed by atoms with van der Waals surface area (Å²) in [6, 6.07) is 0. The highest BCUT2D eigenvalue weighted by atomic mass is 16.6. The van der Waals surface area contributed by atoms with Crippen molar-refractivity contribution in [3.63, 3.8) is 0 Å². The predicted molar refractivity (Wildman–Crippen MR) is 205 cm³/mol. The molecule has 0 aliphatic carbocycles. The smallest absolute Gasteiger partial charge is 0.306 e. The summed E-state index contributed by atoms with van der Waals surface area (Å²) in [6.07, 6.45) is 47.8. The molecule has 0 rings (SSSR count). The molecule has 0 aromatic heterocycles. The minimum Gasteiger partial charge on any atom is -0.462 e. The monoisotopic (exact) mass is 675 g/mol. The van der Waals surface area contributed by atoms with Gasteiger partial charge in [0.2, 0.25) is 0 Å². The fourth-order valence-electron chi connectivity index (χ4n) is 5.86. The van der Waals surface area contributed by atoms with Crippen molar-refractivity contribution in [3.8, 4) is 0 Å². The van der Waals surface area contributed by atoms with E-state index < -0.39 is 6.10 Å². The molecule has 48 heavy (non-hydrogen) atoms. The van der Waals surface area contributed by atoms with Gasteiger partial charge in [0, 0.05) is 12.8 Å². The standard InChI is InChI=1S/C43H78O5/c1-3-5-7-9-11-13-15-17-19-20-21-22-24-25-27-29-31-33-35-37-42(45)47-40-41(39-44)48-43(46)38-36-34-32-30-28-26-23-18-16-14-12-10-8-6-4-2/h6,8,12,14,18,23,41,44H,3-5,7,9-11,13,15-17,19-22,24-40H2,1-2H3/b8-6-,14-12-,23-18-/t41-/m0/s1. The zero-order valence-corrected chi connectivity index (χ0v) is 31.7. The molecule has 0 saturated heterocycles. The number of unbranched alkanes of at least 4 members (excludes halogenated alkanes) is 23. The highest BCUT2D eigenvalue weighted by Crippen LogP contribution is 2.15. The average Bonchev–Trinajstić information content (AvgIpc) is 3.09. The molecule has 0 radical (unpaired) electrons. The number of aliphatic hydroxyl groups excluding tert-OH is 1. The lowest BCUT2D eigenvalue weighted by atomic mass is 10.0. The molecule has 280 valence electrons. The van der Waals surface area contributed by atoms with Gasteiger partial charge in [-0.15, -0.1) is 0 Å². The Labute approximate surface area is 297 Å². The summed E-state index contributed by atoms with van der Waals surface area (Å²) in [5.41, 5.74) is 0. The zero-order chi connectivity index (χ0) is 35.0. The minimum atomic E-state index is -0.777. The molecule has 1 N–H and O–H groups in total. The fraction of sp³-hybridized carbons (Fsp3) is 0.814. The molecule has 0 heterocycles. The van der Waals surface area contributed by atoms with Crippen LogP contribution in [0.25, 0.3) is 0 Å². The Morgan fingerprint density at radius 1 is 0.500 bits per heavy atom. The zero-order valence-electron chi connectivity index (χ0n) is 31.7. The molecule has 1 atom stereocenters. The number of aliphatic hydroxyl groups is 1. The largest absolute Gasteiger partial charge is 0.462 e. The van der Waals surface area contributed by atoms with Crippen LogP contribution in [0.5, 0.6) is 0 Å². The van der Waals surface area contributed by atoms with Crippen molar-refractivity contribution < 1.29 is 24.2 Å². The highest BCUT2D eigenvalue weighted by Gasteiger charge is 2.16. The second kappa shape index (κ2) is 39.6. The van der Waals surface area contributed by atoms with Gasteiger partial charge in [-0.25, -0.2) is 0 Å². The Morgan fingerprint density at radius 3 is 1.35 bits per heavy atom. The van der Waals surface area contributed by atoms with Crippen molar-refractivity contribution in [2.75, 3.05) is 13.2 Å². The third-order valence-corrected chi connectivity index (χ3v) is 8.95. The Hall–Kier alpha value is -1.88. The molecule has 0 aliphatic heterocycles. The summed E-state index contributed by atoms with van der Waals surface area (Å²) < 4.78 is 10.6. The van der Waals surface area contributed by atoms with Crippen LogP contribution >= 0.6 is 0 Å². The lowest BCUT2D eigenvalue weighted by Crippen LogP contribution is -2.28. The molecule has 0 saturated carbocycles. The van der Waals surface area contributed by atoms with Gasteiger partial charge in [0.25, 0.3) is 0 Å². The first kappa shape index (κ1) is 46.1. The van der Waals surface area contributed by atoms with Gasteiger partial charge >= 0.3 is 11.9 Å². The first-order valence-corrected chi connectivity index (χ1v) is 20.5. The first-order chi connectivity index (χ1) is 23.6. The van der Waals surface area contributed by atoms with Crippen molar-refractivity contribution in [2.24, 2.45) is 0 Å². The number of ether oxygens (including phenoxy) is 2. The molecular weight excluding hydrogens is 596 g/mol. The molecule has 5 heteroatoms. The fourth-order valence-corrected chi connectivity index (χ4v) is 5.86. The van der Waals surface area contributed by atoms with Gasteiger partial charge in [-0.3, -0.25) is 9.59 Å². The van der Waals surface area contributed by atoms with Crippen LogP contribution in [0.1, 0.15) is 206 Å². The number of carbonyl (C=O) groups excluding carboxylic acids is 2. The van der Waals surface area contributed by atoms with Crippen LogP contribution in [0.15, 0.2) is 36.5 Å². The number of hydrogen-bond donors (Lipinski definition) is 1. The molecule has 0 amide bonds. The lowest BCUT2D eigenvalue weighted by Gasteiger charge is -2.15. The topological polar surface area (TPSA) is 72.8 Å². The van der Waals surface area contributed by atoms with E-state index in [1.165, 1.54) is 109 Å². The number of hydrogen-bond acceptors (Lipinski definition) is 5. The van der Waals surface area contributed by atoms with Crippen molar-refractivity contribution in [1.29, 1.82) is 0 Å². The van der Waals surface area contributed by atoms with Crippen molar-refractivity contribution in [1.82, 2.24) is 0 Å². The van der Waals surface area contributed by atoms with Crippen molar-refractivity contribution in [2.45, 2.75) is 213 Å². The van der Waals surface area contributed by atoms with Crippen LogP contribution < -0.4 is 0 Å². The highest BCUT2D eigenvalue weighted by molar-refractivity contribution is 5.70. The van der Waals surface area contributed by atoms with E-state index in [9.17, 15) is 14.7 Å². The van der Waals surface area contributed by atoms with E-state index in [0.717, 1.165) is 70.6 Å². The second-order valence-electron chi connectivity index (χ2n) is 13.7. The molecule has 0 aromatic rings. The Morgan fingerprint density at radius 2 is 0.896 bits per heavy atom. The first-order valence-electron chi connectivity index (χ1n) is 20.5. The van der Waals surface area contributed by atoms with Gasteiger partial charge in [0.1, 0.15) is 6.61 Å². The third kappa shape index (κ3) is 36.9. The van der Waals surface area contributed by atoms with E-state index in [4.69, 9.17) is 9.47 Å². The average molecular weight is 675 g/mol. The molecule has 0 aliphatic rings. The molecular formula is C43H78O5. The lowest BCUT2D eigenvalue weighted by molar-refractivity contribution is -0.161. The maximum atomic E-state index is 12.2. The molecule has 0 spiro atoms. The third-order valence-electron chi connectivity index (χ3n) is 8.95.